The van der Waals surface area contributed by atoms with Gasteiger partial charge in [0.15, 0.2) is 0 Å². The Labute approximate surface area is 109 Å². The summed E-state index contributed by atoms with van der Waals surface area (Å²) in [6.45, 7) is 5.64. The molecule has 0 fully saturated rings. The molecule has 0 aliphatic heterocycles. The molecule has 2 N–H and O–H groups in total. The molecule has 0 saturated carbocycles. The zero-order valence-electron chi connectivity index (χ0n) is 11.5. The van der Waals surface area contributed by atoms with Crippen molar-refractivity contribution < 1.29 is 4.79 Å². The van der Waals surface area contributed by atoms with E-state index in [9.17, 15) is 4.79 Å². The molecule has 1 aromatic heterocycles. The van der Waals surface area contributed by atoms with Crippen molar-refractivity contribution in [2.45, 2.75) is 19.9 Å². The largest absolute Gasteiger partial charge is 0.384 e. The third kappa shape index (κ3) is 4.71. The van der Waals surface area contributed by atoms with Crippen LogP contribution in [-0.2, 0) is 0 Å². The molecule has 1 unspecified atom stereocenters. The number of anilines is 1. The molecular formula is C13H22N4O. The number of hydrogen-bond donors (Lipinski definition) is 2. The van der Waals surface area contributed by atoms with Crippen molar-refractivity contribution in [3.05, 3.63) is 24.0 Å². The maximum atomic E-state index is 11.9. The maximum Gasteiger partial charge on any atom is 0.270 e. The number of carbonyl (C=O) groups is 1. The van der Waals surface area contributed by atoms with Gasteiger partial charge in [-0.05, 0) is 40.1 Å². The van der Waals surface area contributed by atoms with E-state index < -0.39 is 0 Å². The maximum absolute atomic E-state index is 11.9. The van der Waals surface area contributed by atoms with E-state index in [4.69, 9.17) is 0 Å². The number of hydrogen-bond acceptors (Lipinski definition) is 4. The fourth-order valence-electron chi connectivity index (χ4n) is 1.73. The van der Waals surface area contributed by atoms with Crippen molar-refractivity contribution in [3.8, 4) is 0 Å². The highest BCUT2D eigenvalue weighted by molar-refractivity contribution is 5.92. The monoisotopic (exact) mass is 250 g/mol. The number of nitrogens with one attached hydrogen (secondary N) is 2. The lowest BCUT2D eigenvalue weighted by Crippen LogP contribution is -2.39. The van der Waals surface area contributed by atoms with E-state index in [1.54, 1.807) is 12.3 Å². The molecule has 0 aliphatic carbocycles. The van der Waals surface area contributed by atoms with Crippen LogP contribution in [0.15, 0.2) is 18.3 Å². The smallest absolute Gasteiger partial charge is 0.270 e. The van der Waals surface area contributed by atoms with Crippen LogP contribution < -0.4 is 10.6 Å². The van der Waals surface area contributed by atoms with Crippen LogP contribution in [-0.4, -0.2) is 49.0 Å². The fraction of sp³-hybridized carbons (Fsp3) is 0.538. The lowest BCUT2D eigenvalue weighted by atomic mass is 10.2. The molecule has 1 aromatic rings. The second kappa shape index (κ2) is 6.96. The quantitative estimate of drug-likeness (QED) is 0.796. The summed E-state index contributed by atoms with van der Waals surface area (Å²) in [5, 5.41) is 6.06. The molecule has 5 nitrogen and oxygen atoms in total. The Morgan fingerprint density at radius 2 is 2.17 bits per heavy atom. The van der Waals surface area contributed by atoms with Gasteiger partial charge in [0.25, 0.3) is 5.91 Å². The summed E-state index contributed by atoms with van der Waals surface area (Å²) < 4.78 is 0. The van der Waals surface area contributed by atoms with Gasteiger partial charge in [-0.3, -0.25) is 4.79 Å². The normalized spacial score (nSPS) is 12.3. The predicted octanol–water partition coefficient (Wildman–Crippen LogP) is 1.19. The Hall–Kier alpha value is -1.62. The summed E-state index contributed by atoms with van der Waals surface area (Å²) in [5.41, 5.74) is 1.37. The Morgan fingerprint density at radius 1 is 1.44 bits per heavy atom. The van der Waals surface area contributed by atoms with Gasteiger partial charge >= 0.3 is 0 Å². The van der Waals surface area contributed by atoms with Crippen molar-refractivity contribution in [2.24, 2.45) is 0 Å². The van der Waals surface area contributed by atoms with Gasteiger partial charge in [-0.2, -0.15) is 0 Å². The topological polar surface area (TPSA) is 57.3 Å². The molecule has 0 bridgehead atoms. The molecule has 18 heavy (non-hydrogen) atoms. The van der Waals surface area contributed by atoms with Gasteiger partial charge in [0.1, 0.15) is 5.69 Å². The Morgan fingerprint density at radius 3 is 2.67 bits per heavy atom. The highest BCUT2D eigenvalue weighted by Crippen LogP contribution is 2.05. The number of aromatic nitrogens is 1. The highest BCUT2D eigenvalue weighted by atomic mass is 16.1. The molecule has 100 valence electrons. The van der Waals surface area contributed by atoms with E-state index in [-0.39, 0.29) is 11.9 Å². The molecule has 5 heteroatoms. The highest BCUT2D eigenvalue weighted by Gasteiger charge is 2.11. The van der Waals surface area contributed by atoms with Gasteiger partial charge in [-0.15, -0.1) is 0 Å². The van der Waals surface area contributed by atoms with Gasteiger partial charge in [0, 0.05) is 19.1 Å². The van der Waals surface area contributed by atoms with Crippen LogP contribution in [0, 0.1) is 0 Å². The number of likely N-dealkylation sites (N-methyl/N-ethyl adjacent to an activating group) is 1. The third-order valence-electron chi connectivity index (χ3n) is 2.39. The van der Waals surface area contributed by atoms with Crippen LogP contribution in [0.4, 0.5) is 5.69 Å². The minimum atomic E-state index is -0.132. The van der Waals surface area contributed by atoms with E-state index >= 15 is 0 Å². The van der Waals surface area contributed by atoms with Crippen LogP contribution in [0.3, 0.4) is 0 Å². The summed E-state index contributed by atoms with van der Waals surface area (Å²) in [6.07, 6.45) is 1.68. The first-order chi connectivity index (χ1) is 8.52. The first kappa shape index (κ1) is 14.4. The van der Waals surface area contributed by atoms with E-state index in [0.717, 1.165) is 18.8 Å². The number of amides is 1. The van der Waals surface area contributed by atoms with Gasteiger partial charge in [-0.25, -0.2) is 4.98 Å². The van der Waals surface area contributed by atoms with Crippen LogP contribution >= 0.6 is 0 Å². The van der Waals surface area contributed by atoms with Gasteiger partial charge in [0.2, 0.25) is 0 Å². The predicted molar refractivity (Wildman–Crippen MR) is 73.9 cm³/mol. The van der Waals surface area contributed by atoms with E-state index in [0.29, 0.717) is 5.69 Å². The summed E-state index contributed by atoms with van der Waals surface area (Å²) in [6, 6.07) is 3.69. The summed E-state index contributed by atoms with van der Waals surface area (Å²) in [4.78, 5) is 18.1. The van der Waals surface area contributed by atoms with Crippen LogP contribution in [0.25, 0.3) is 0 Å². The summed E-state index contributed by atoms with van der Waals surface area (Å²) >= 11 is 0. The second-order valence-corrected chi connectivity index (χ2v) is 4.60. The zero-order chi connectivity index (χ0) is 13.5. The van der Waals surface area contributed by atoms with Gasteiger partial charge in [0.05, 0.1) is 11.9 Å². The van der Waals surface area contributed by atoms with Crippen molar-refractivity contribution in [1.29, 1.82) is 0 Å². The Bertz CT molecular complexity index is 375. The number of pyridine rings is 1. The number of carbonyl (C=O) groups excluding carboxylic acids is 1. The first-order valence-corrected chi connectivity index (χ1v) is 6.18. The molecule has 1 atom stereocenters. The second-order valence-electron chi connectivity index (χ2n) is 4.60. The summed E-state index contributed by atoms with van der Waals surface area (Å²) in [5.74, 6) is -0.132. The molecular weight excluding hydrogens is 228 g/mol. The SMILES string of the molecule is CCNc1ccc(C(=O)NC(C)CN(C)C)nc1. The Kier molecular flexibility index (Phi) is 5.58. The molecule has 1 amide bonds. The number of nitrogens with zero attached hydrogens (tertiary/aromatic N) is 2. The standard InChI is InChI=1S/C13H22N4O/c1-5-14-11-6-7-12(15-8-11)13(18)16-10(2)9-17(3)4/h6-8,10,14H,5,9H2,1-4H3,(H,16,18). The minimum Gasteiger partial charge on any atom is -0.384 e. The van der Waals surface area contributed by atoms with Crippen molar-refractivity contribution in [3.63, 3.8) is 0 Å². The zero-order valence-corrected chi connectivity index (χ0v) is 11.5. The first-order valence-electron chi connectivity index (χ1n) is 6.18. The molecule has 0 saturated heterocycles. The lowest BCUT2D eigenvalue weighted by molar-refractivity contribution is 0.0929. The third-order valence-corrected chi connectivity index (χ3v) is 2.39. The molecule has 1 heterocycles. The van der Waals surface area contributed by atoms with Gasteiger partial charge in [-0.1, -0.05) is 0 Å². The van der Waals surface area contributed by atoms with Crippen molar-refractivity contribution in [2.75, 3.05) is 32.5 Å². The van der Waals surface area contributed by atoms with Crippen molar-refractivity contribution >= 4 is 11.6 Å². The van der Waals surface area contributed by atoms with E-state index in [1.807, 2.05) is 38.9 Å². The summed E-state index contributed by atoms with van der Waals surface area (Å²) in [7, 11) is 3.96. The van der Waals surface area contributed by atoms with Crippen molar-refractivity contribution in [1.82, 2.24) is 15.2 Å². The molecule has 1 rings (SSSR count). The van der Waals surface area contributed by atoms with Gasteiger partial charge < -0.3 is 15.5 Å². The fourth-order valence-corrected chi connectivity index (χ4v) is 1.73. The van der Waals surface area contributed by atoms with E-state index in [1.165, 1.54) is 0 Å². The number of rotatable bonds is 6. The van der Waals surface area contributed by atoms with Crippen LogP contribution in [0.1, 0.15) is 24.3 Å². The molecule has 0 aliphatic rings. The molecule has 0 radical (unpaired) electrons. The molecule has 0 spiro atoms. The Balaban J connectivity index is 2.56. The average molecular weight is 250 g/mol. The average Bonchev–Trinajstić information content (AvgIpc) is 2.29. The van der Waals surface area contributed by atoms with Crippen LogP contribution in [0.5, 0.6) is 0 Å². The lowest BCUT2D eigenvalue weighted by Gasteiger charge is -2.18. The van der Waals surface area contributed by atoms with Crippen LogP contribution in [0.2, 0.25) is 0 Å². The van der Waals surface area contributed by atoms with E-state index in [2.05, 4.69) is 15.6 Å². The molecule has 0 aromatic carbocycles. The minimum absolute atomic E-state index is 0.0998.